The van der Waals surface area contributed by atoms with Crippen molar-refractivity contribution in [1.29, 1.82) is 0 Å². The fourth-order valence-corrected chi connectivity index (χ4v) is 1.06. The van der Waals surface area contributed by atoms with Crippen molar-refractivity contribution in [2.45, 2.75) is 18.8 Å². The lowest BCUT2D eigenvalue weighted by molar-refractivity contribution is -0.137. The number of allylic oxidation sites excluding steroid dienone is 1. The number of methoxy groups -OCH3 is 2. The Morgan fingerprint density at radius 2 is 2.33 bits per heavy atom. The predicted molar refractivity (Wildman–Crippen MR) is 41.4 cm³/mol. The van der Waals surface area contributed by atoms with Crippen LogP contribution in [0.3, 0.4) is 0 Å². The summed E-state index contributed by atoms with van der Waals surface area (Å²) in [6.45, 7) is 0. The number of ether oxygens (including phenoxy) is 3. The van der Waals surface area contributed by atoms with E-state index in [1.807, 2.05) is 0 Å². The van der Waals surface area contributed by atoms with E-state index in [1.54, 1.807) is 13.2 Å². The van der Waals surface area contributed by atoms with Crippen molar-refractivity contribution in [3.8, 4) is 0 Å². The normalized spacial score (nSPS) is 29.0. The molecule has 1 aliphatic heterocycles. The molecule has 0 radical (unpaired) electrons. The van der Waals surface area contributed by atoms with Gasteiger partial charge < -0.3 is 14.2 Å². The number of rotatable bonds is 3. The Morgan fingerprint density at radius 3 is 2.83 bits per heavy atom. The number of aldehydes is 1. The summed E-state index contributed by atoms with van der Waals surface area (Å²) in [6.07, 6.45) is 2.44. The van der Waals surface area contributed by atoms with Crippen LogP contribution in [-0.4, -0.2) is 32.9 Å². The van der Waals surface area contributed by atoms with Gasteiger partial charge in [-0.05, 0) is 6.08 Å². The molecular formula is C8H12O4. The third-order valence-electron chi connectivity index (χ3n) is 1.72. The monoisotopic (exact) mass is 172 g/mol. The van der Waals surface area contributed by atoms with Crippen LogP contribution in [-0.2, 0) is 19.0 Å². The van der Waals surface area contributed by atoms with E-state index in [0.29, 0.717) is 12.7 Å². The molecule has 1 heterocycles. The smallest absolute Gasteiger partial charge is 0.202 e. The quantitative estimate of drug-likeness (QED) is 0.581. The topological polar surface area (TPSA) is 44.8 Å². The molecule has 0 N–H and O–H groups in total. The lowest BCUT2D eigenvalue weighted by atomic mass is 10.2. The zero-order valence-electron chi connectivity index (χ0n) is 7.15. The Hall–Kier alpha value is -0.870. The highest BCUT2D eigenvalue weighted by Crippen LogP contribution is 2.18. The first-order valence-corrected chi connectivity index (χ1v) is 3.69. The first kappa shape index (κ1) is 9.22. The van der Waals surface area contributed by atoms with E-state index in [9.17, 15) is 4.79 Å². The summed E-state index contributed by atoms with van der Waals surface area (Å²) in [5.74, 6) is 0.278. The highest BCUT2D eigenvalue weighted by atomic mass is 16.7. The Kier molecular flexibility index (Phi) is 3.25. The van der Waals surface area contributed by atoms with E-state index in [1.165, 1.54) is 7.11 Å². The van der Waals surface area contributed by atoms with E-state index in [2.05, 4.69) is 0 Å². The number of carbonyl (C=O) groups is 1. The van der Waals surface area contributed by atoms with Gasteiger partial charge in [0.2, 0.25) is 6.29 Å². The van der Waals surface area contributed by atoms with E-state index in [0.717, 1.165) is 0 Å². The maximum Gasteiger partial charge on any atom is 0.202 e. The van der Waals surface area contributed by atoms with E-state index in [-0.39, 0.29) is 18.2 Å². The first-order chi connectivity index (χ1) is 5.80. The van der Waals surface area contributed by atoms with Crippen LogP contribution in [0.1, 0.15) is 6.42 Å². The van der Waals surface area contributed by atoms with Crippen LogP contribution in [0.4, 0.5) is 0 Å². The minimum atomic E-state index is -0.375. The molecule has 4 nitrogen and oxygen atoms in total. The van der Waals surface area contributed by atoms with Crippen LogP contribution in [0.5, 0.6) is 0 Å². The van der Waals surface area contributed by atoms with Gasteiger partial charge in [0.1, 0.15) is 0 Å². The SMILES string of the molecule is CO[C@@H]1C[C@@H](OC)C=C(C=O)O1. The Balaban J connectivity index is 2.63. The van der Waals surface area contributed by atoms with Crippen molar-refractivity contribution in [3.05, 3.63) is 11.8 Å². The number of carbonyl (C=O) groups excluding carboxylic acids is 1. The molecule has 12 heavy (non-hydrogen) atoms. The lowest BCUT2D eigenvalue weighted by Crippen LogP contribution is -2.28. The van der Waals surface area contributed by atoms with Crippen LogP contribution >= 0.6 is 0 Å². The van der Waals surface area contributed by atoms with Gasteiger partial charge in [-0.25, -0.2) is 0 Å². The molecule has 0 saturated carbocycles. The fourth-order valence-electron chi connectivity index (χ4n) is 1.06. The molecule has 2 atom stereocenters. The molecule has 1 rings (SSSR count). The summed E-state index contributed by atoms with van der Waals surface area (Å²) in [7, 11) is 3.12. The van der Waals surface area contributed by atoms with Gasteiger partial charge in [-0.3, -0.25) is 4.79 Å². The number of hydrogen-bond donors (Lipinski definition) is 0. The average molecular weight is 172 g/mol. The highest BCUT2D eigenvalue weighted by Gasteiger charge is 2.22. The summed E-state index contributed by atoms with van der Waals surface area (Å²) >= 11 is 0. The van der Waals surface area contributed by atoms with Gasteiger partial charge >= 0.3 is 0 Å². The Bertz CT molecular complexity index is 187. The van der Waals surface area contributed by atoms with Crippen LogP contribution < -0.4 is 0 Å². The van der Waals surface area contributed by atoms with Gasteiger partial charge in [0.15, 0.2) is 12.0 Å². The van der Waals surface area contributed by atoms with E-state index < -0.39 is 0 Å². The van der Waals surface area contributed by atoms with E-state index in [4.69, 9.17) is 14.2 Å². The van der Waals surface area contributed by atoms with Gasteiger partial charge in [0.05, 0.1) is 6.10 Å². The zero-order chi connectivity index (χ0) is 8.97. The summed E-state index contributed by atoms with van der Waals surface area (Å²) in [4.78, 5) is 10.4. The third kappa shape index (κ3) is 2.06. The predicted octanol–water partition coefficient (Wildman–Crippen LogP) is 0.477. The fraction of sp³-hybridized carbons (Fsp3) is 0.625. The molecule has 0 fully saturated rings. The molecule has 0 unspecified atom stereocenters. The van der Waals surface area contributed by atoms with Gasteiger partial charge in [0.25, 0.3) is 0 Å². The van der Waals surface area contributed by atoms with Crippen molar-refractivity contribution in [2.24, 2.45) is 0 Å². The molecular weight excluding hydrogens is 160 g/mol. The largest absolute Gasteiger partial charge is 0.462 e. The van der Waals surface area contributed by atoms with Crippen molar-refractivity contribution in [3.63, 3.8) is 0 Å². The summed E-state index contributed by atoms with van der Waals surface area (Å²) in [5.41, 5.74) is 0. The van der Waals surface area contributed by atoms with E-state index >= 15 is 0 Å². The molecule has 0 aromatic heterocycles. The summed E-state index contributed by atoms with van der Waals surface area (Å²) < 4.78 is 15.1. The van der Waals surface area contributed by atoms with Crippen LogP contribution in [0.15, 0.2) is 11.8 Å². The Morgan fingerprint density at radius 1 is 1.58 bits per heavy atom. The van der Waals surface area contributed by atoms with Crippen molar-refractivity contribution < 1.29 is 19.0 Å². The lowest BCUT2D eigenvalue weighted by Gasteiger charge is -2.25. The van der Waals surface area contributed by atoms with Gasteiger partial charge in [-0.15, -0.1) is 0 Å². The van der Waals surface area contributed by atoms with Crippen LogP contribution in [0.25, 0.3) is 0 Å². The molecule has 0 aliphatic carbocycles. The Labute approximate surface area is 71.1 Å². The minimum Gasteiger partial charge on any atom is -0.462 e. The van der Waals surface area contributed by atoms with Crippen molar-refractivity contribution >= 4 is 6.29 Å². The van der Waals surface area contributed by atoms with Gasteiger partial charge in [-0.2, -0.15) is 0 Å². The van der Waals surface area contributed by atoms with Crippen molar-refractivity contribution in [1.82, 2.24) is 0 Å². The number of hydrogen-bond acceptors (Lipinski definition) is 4. The van der Waals surface area contributed by atoms with Gasteiger partial charge in [0, 0.05) is 20.6 Å². The van der Waals surface area contributed by atoms with Gasteiger partial charge in [-0.1, -0.05) is 0 Å². The van der Waals surface area contributed by atoms with Crippen LogP contribution in [0.2, 0.25) is 0 Å². The van der Waals surface area contributed by atoms with Crippen molar-refractivity contribution in [2.75, 3.05) is 14.2 Å². The zero-order valence-corrected chi connectivity index (χ0v) is 7.15. The molecule has 0 amide bonds. The standard InChI is InChI=1S/C8H12O4/c1-10-6-3-7(5-9)12-8(4-6)11-2/h3,5-6,8H,4H2,1-2H3/t6-,8-/m0/s1. The third-order valence-corrected chi connectivity index (χ3v) is 1.72. The maximum absolute atomic E-state index is 10.4. The molecule has 0 spiro atoms. The average Bonchev–Trinajstić information content (AvgIpc) is 2.16. The molecule has 0 bridgehead atoms. The first-order valence-electron chi connectivity index (χ1n) is 3.69. The minimum absolute atomic E-state index is 0.0936. The highest BCUT2D eigenvalue weighted by molar-refractivity contribution is 5.70. The summed E-state index contributed by atoms with van der Waals surface area (Å²) in [6, 6.07) is 0. The second-order valence-corrected chi connectivity index (χ2v) is 2.48. The molecule has 68 valence electrons. The second-order valence-electron chi connectivity index (χ2n) is 2.48. The molecule has 0 aromatic rings. The van der Waals surface area contributed by atoms with Crippen LogP contribution in [0, 0.1) is 0 Å². The molecule has 1 aliphatic rings. The molecule has 0 saturated heterocycles. The second kappa shape index (κ2) is 4.23. The summed E-state index contributed by atoms with van der Waals surface area (Å²) in [5, 5.41) is 0. The maximum atomic E-state index is 10.4. The molecule has 0 aromatic carbocycles. The molecule has 4 heteroatoms.